The maximum atomic E-state index is 5.66. The zero-order valence-corrected chi connectivity index (χ0v) is 14.6. The predicted molar refractivity (Wildman–Crippen MR) is 75.9 cm³/mol. The Bertz CT molecular complexity index is 186. The van der Waals surface area contributed by atoms with Gasteiger partial charge in [0.2, 0.25) is 0 Å². The van der Waals surface area contributed by atoms with Gasteiger partial charge in [-0.15, -0.1) is 0 Å². The van der Waals surface area contributed by atoms with Gasteiger partial charge >= 0.3 is 17.4 Å². The van der Waals surface area contributed by atoms with Crippen molar-refractivity contribution in [1.29, 1.82) is 0 Å². The Balaban J connectivity index is 3.63. The van der Waals surface area contributed by atoms with Gasteiger partial charge in [0.1, 0.15) is 0 Å². The van der Waals surface area contributed by atoms with Crippen molar-refractivity contribution in [1.82, 2.24) is 0 Å². The maximum absolute atomic E-state index is 5.66. The van der Waals surface area contributed by atoms with Crippen LogP contribution in [0.2, 0.25) is 19.1 Å². The zero-order chi connectivity index (χ0) is 14.1. The van der Waals surface area contributed by atoms with Gasteiger partial charge in [0, 0.05) is 41.6 Å². The van der Waals surface area contributed by atoms with E-state index in [2.05, 4.69) is 6.55 Å². The molecular weight excluding hydrogens is 268 g/mol. The van der Waals surface area contributed by atoms with Gasteiger partial charge in [-0.05, 0) is 19.0 Å². The van der Waals surface area contributed by atoms with Gasteiger partial charge < -0.3 is 22.1 Å². The average Bonchev–Trinajstić information content (AvgIpc) is 2.42. The monoisotopic (exact) mass is 296 g/mol. The first-order valence-corrected chi connectivity index (χ1v) is 11.0. The Labute approximate surface area is 113 Å². The molecule has 0 heterocycles. The lowest BCUT2D eigenvalue weighted by atomic mass is 10.3. The largest absolute Gasteiger partial charge is 0.497 e. The molecule has 0 aliphatic carbocycles. The second kappa shape index (κ2) is 9.19. The fraction of sp³-hybridized carbons (Fsp3) is 1.00. The molecule has 110 valence electrons. The maximum Gasteiger partial charge on any atom is 0.497 e. The minimum atomic E-state index is -2.35. The van der Waals surface area contributed by atoms with E-state index in [0.717, 1.165) is 25.3 Å². The molecule has 0 N–H and O–H groups in total. The highest BCUT2D eigenvalue weighted by Gasteiger charge is 2.31. The van der Waals surface area contributed by atoms with Crippen molar-refractivity contribution >= 4 is 17.4 Å². The summed E-state index contributed by atoms with van der Waals surface area (Å²) >= 11 is 0. The molecule has 0 bridgehead atoms. The lowest BCUT2D eigenvalue weighted by Crippen LogP contribution is -2.40. The second-order valence-corrected chi connectivity index (χ2v) is 10.9. The SMILES string of the molecule is CO[Si](C)(CCCCCO[Si](C)(OC)OC)OC. The van der Waals surface area contributed by atoms with E-state index in [-0.39, 0.29) is 0 Å². The highest BCUT2D eigenvalue weighted by Crippen LogP contribution is 2.16. The van der Waals surface area contributed by atoms with E-state index in [0.29, 0.717) is 6.61 Å². The fourth-order valence-electron chi connectivity index (χ4n) is 1.47. The molecule has 0 fully saturated rings. The summed E-state index contributed by atoms with van der Waals surface area (Å²) < 4.78 is 27.0. The van der Waals surface area contributed by atoms with Crippen molar-refractivity contribution in [3.63, 3.8) is 0 Å². The van der Waals surface area contributed by atoms with E-state index in [1.54, 1.807) is 28.4 Å². The van der Waals surface area contributed by atoms with Crippen LogP contribution >= 0.6 is 0 Å². The van der Waals surface area contributed by atoms with E-state index in [4.69, 9.17) is 22.1 Å². The minimum absolute atomic E-state index is 0.683. The number of hydrogen-bond donors (Lipinski definition) is 0. The Morgan fingerprint density at radius 2 is 1.28 bits per heavy atom. The van der Waals surface area contributed by atoms with Crippen molar-refractivity contribution in [3.05, 3.63) is 0 Å². The van der Waals surface area contributed by atoms with Crippen molar-refractivity contribution in [3.8, 4) is 0 Å². The molecule has 0 amide bonds. The second-order valence-electron chi connectivity index (χ2n) is 4.47. The summed E-state index contributed by atoms with van der Waals surface area (Å²) in [7, 11) is 2.48. The molecule has 0 rings (SSSR count). The molecule has 0 unspecified atom stereocenters. The van der Waals surface area contributed by atoms with Crippen molar-refractivity contribution in [2.45, 2.75) is 38.4 Å². The smallest absolute Gasteiger partial charge is 0.398 e. The van der Waals surface area contributed by atoms with Crippen LogP contribution in [-0.4, -0.2) is 52.4 Å². The first-order chi connectivity index (χ1) is 8.45. The normalized spacial score (nSPS) is 13.0. The van der Waals surface area contributed by atoms with Crippen LogP contribution < -0.4 is 0 Å². The summed E-state index contributed by atoms with van der Waals surface area (Å²) in [4.78, 5) is 0. The van der Waals surface area contributed by atoms with Gasteiger partial charge in [-0.1, -0.05) is 12.8 Å². The van der Waals surface area contributed by atoms with Crippen LogP contribution in [-0.2, 0) is 22.1 Å². The number of unbranched alkanes of at least 4 members (excludes halogenated alkanes) is 2. The quantitative estimate of drug-likeness (QED) is 0.433. The fourth-order valence-corrected chi connectivity index (χ4v) is 3.86. The molecule has 18 heavy (non-hydrogen) atoms. The van der Waals surface area contributed by atoms with Crippen LogP contribution in [0.3, 0.4) is 0 Å². The molecule has 0 saturated heterocycles. The Hall–Kier alpha value is 0.234. The van der Waals surface area contributed by atoms with Crippen molar-refractivity contribution in [2.24, 2.45) is 0 Å². The highest BCUT2D eigenvalue weighted by molar-refractivity contribution is 6.65. The Kier molecular flexibility index (Phi) is 9.31. The summed E-state index contributed by atoms with van der Waals surface area (Å²) in [6.07, 6.45) is 3.21. The summed E-state index contributed by atoms with van der Waals surface area (Å²) in [6.45, 7) is 4.67. The molecular formula is C11H28O5Si2. The molecule has 0 aromatic carbocycles. The molecule has 0 aliphatic rings. The van der Waals surface area contributed by atoms with Gasteiger partial charge in [-0.3, -0.25) is 0 Å². The van der Waals surface area contributed by atoms with Crippen LogP contribution in [0.15, 0.2) is 0 Å². The predicted octanol–water partition coefficient (Wildman–Crippen LogP) is 2.40. The van der Waals surface area contributed by atoms with E-state index in [1.165, 1.54) is 0 Å². The van der Waals surface area contributed by atoms with E-state index >= 15 is 0 Å². The zero-order valence-electron chi connectivity index (χ0n) is 12.6. The third-order valence-electron chi connectivity index (χ3n) is 3.24. The van der Waals surface area contributed by atoms with Crippen LogP contribution in [0.4, 0.5) is 0 Å². The first kappa shape index (κ1) is 18.2. The Morgan fingerprint density at radius 3 is 1.72 bits per heavy atom. The molecule has 7 heteroatoms. The van der Waals surface area contributed by atoms with Gasteiger partial charge in [0.25, 0.3) is 0 Å². The molecule has 0 aromatic heterocycles. The Morgan fingerprint density at radius 1 is 0.722 bits per heavy atom. The molecule has 0 aromatic rings. The van der Waals surface area contributed by atoms with Gasteiger partial charge in [0.05, 0.1) is 0 Å². The summed E-state index contributed by atoms with van der Waals surface area (Å²) in [5, 5.41) is 0. The standard InChI is InChI=1S/C11H28O5Si2/c1-12-17(5,13-2)11-9-7-8-10-16-18(6,14-3)15-4/h7-11H2,1-6H3. The van der Waals surface area contributed by atoms with Gasteiger partial charge in [-0.25, -0.2) is 0 Å². The molecule has 0 radical (unpaired) electrons. The molecule has 0 saturated carbocycles. The average molecular weight is 297 g/mol. The van der Waals surface area contributed by atoms with E-state index < -0.39 is 17.4 Å². The number of hydrogen-bond acceptors (Lipinski definition) is 5. The lowest BCUT2D eigenvalue weighted by Gasteiger charge is -2.23. The third kappa shape index (κ3) is 6.98. The molecule has 0 spiro atoms. The summed E-state index contributed by atoms with van der Waals surface area (Å²) in [5.41, 5.74) is 0. The van der Waals surface area contributed by atoms with E-state index in [9.17, 15) is 0 Å². The molecule has 0 atom stereocenters. The summed E-state index contributed by atoms with van der Waals surface area (Å²) in [6, 6.07) is 1.02. The van der Waals surface area contributed by atoms with Crippen molar-refractivity contribution in [2.75, 3.05) is 35.0 Å². The van der Waals surface area contributed by atoms with Crippen LogP contribution in [0.1, 0.15) is 19.3 Å². The summed E-state index contributed by atoms with van der Waals surface area (Å²) in [5.74, 6) is 0. The van der Waals surface area contributed by atoms with Crippen LogP contribution in [0.25, 0.3) is 0 Å². The lowest BCUT2D eigenvalue weighted by molar-refractivity contribution is 0.104. The van der Waals surface area contributed by atoms with Gasteiger partial charge in [0.15, 0.2) is 0 Å². The van der Waals surface area contributed by atoms with Crippen molar-refractivity contribution < 1.29 is 22.1 Å². The molecule has 5 nitrogen and oxygen atoms in total. The van der Waals surface area contributed by atoms with Crippen LogP contribution in [0, 0.1) is 0 Å². The highest BCUT2D eigenvalue weighted by atomic mass is 28.4. The third-order valence-corrected chi connectivity index (χ3v) is 8.45. The van der Waals surface area contributed by atoms with E-state index in [1.807, 2.05) is 6.55 Å². The topological polar surface area (TPSA) is 46.2 Å². The number of rotatable bonds is 11. The first-order valence-electron chi connectivity index (χ1n) is 6.30. The van der Waals surface area contributed by atoms with Gasteiger partial charge in [-0.2, -0.15) is 0 Å². The minimum Gasteiger partial charge on any atom is -0.398 e. The van der Waals surface area contributed by atoms with Crippen LogP contribution in [0.5, 0.6) is 0 Å². The molecule has 0 aliphatic heterocycles.